The molecule has 368 valence electrons. The topological polar surface area (TPSA) is 210 Å². The first kappa shape index (κ1) is 46.8. The largest absolute Gasteiger partial charge is 0.491 e. The van der Waals surface area contributed by atoms with Crippen LogP contribution < -0.4 is 25.6 Å². The van der Waals surface area contributed by atoms with Gasteiger partial charge in [-0.25, -0.2) is 14.8 Å². The van der Waals surface area contributed by atoms with Crippen molar-refractivity contribution in [3.05, 3.63) is 125 Å². The Hall–Kier alpha value is -7.54. The van der Waals surface area contributed by atoms with E-state index in [1.165, 1.54) is 11.3 Å². The number of aromatic carboxylic acids is 1. The lowest BCUT2D eigenvalue weighted by atomic mass is 9.93. The molecule has 2 bridgehead atoms. The minimum atomic E-state index is -1.15. The predicted molar refractivity (Wildman–Crippen MR) is 273 cm³/mol. The van der Waals surface area contributed by atoms with Crippen molar-refractivity contribution >= 4 is 78.7 Å². The van der Waals surface area contributed by atoms with Gasteiger partial charge in [0.1, 0.15) is 18.2 Å². The van der Waals surface area contributed by atoms with E-state index >= 15 is 0 Å². The number of imide groups is 1. The third kappa shape index (κ3) is 9.28. The third-order valence-corrected chi connectivity index (χ3v) is 15.6. The molecule has 4 aliphatic rings. The molecule has 4 amide bonds. The van der Waals surface area contributed by atoms with E-state index < -0.39 is 11.9 Å². The predicted octanol–water partition coefficient (Wildman–Crippen LogP) is 7.62. The molecule has 72 heavy (non-hydrogen) atoms. The number of hydrogen-bond acceptors (Lipinski definition) is 13. The van der Waals surface area contributed by atoms with Crippen molar-refractivity contribution in [3.63, 3.8) is 0 Å². The van der Waals surface area contributed by atoms with Crippen molar-refractivity contribution in [1.29, 1.82) is 0 Å². The van der Waals surface area contributed by atoms with Gasteiger partial charge in [0, 0.05) is 60.8 Å². The summed E-state index contributed by atoms with van der Waals surface area (Å²) in [5.41, 5.74) is 7.26. The maximum atomic E-state index is 13.6. The number of ether oxygens (including phenoxy) is 2. The summed E-state index contributed by atoms with van der Waals surface area (Å²) in [7, 11) is 1.80. The van der Waals surface area contributed by atoms with E-state index in [1.54, 1.807) is 17.8 Å². The van der Waals surface area contributed by atoms with Crippen LogP contribution in [0.5, 0.6) is 5.75 Å². The summed E-state index contributed by atoms with van der Waals surface area (Å²) in [6.07, 6.45) is 5.00. The normalized spacial score (nSPS) is 19.8. The molecular formula is C54H53N9O8S. The lowest BCUT2D eigenvalue weighted by molar-refractivity contribution is -0.134. The quantitative estimate of drug-likeness (QED) is 0.0612. The number of piperidine rings is 2. The van der Waals surface area contributed by atoms with Gasteiger partial charge < -0.3 is 24.8 Å². The molecule has 4 aromatic carbocycles. The highest BCUT2D eigenvalue weighted by molar-refractivity contribution is 7.22. The molecule has 0 saturated carbocycles. The number of nitrogens with zero attached hydrogens (tertiary/aromatic N) is 6. The first-order chi connectivity index (χ1) is 34.9. The summed E-state index contributed by atoms with van der Waals surface area (Å²) in [6.45, 7) is 3.85. The Morgan fingerprint density at radius 2 is 1.69 bits per heavy atom. The van der Waals surface area contributed by atoms with Gasteiger partial charge in [-0.05, 0) is 122 Å². The maximum absolute atomic E-state index is 13.6. The Morgan fingerprint density at radius 1 is 0.875 bits per heavy atom. The summed E-state index contributed by atoms with van der Waals surface area (Å²) in [5, 5.41) is 24.9. The number of benzene rings is 4. The van der Waals surface area contributed by atoms with Crippen molar-refractivity contribution in [2.24, 2.45) is 7.05 Å². The lowest BCUT2D eigenvalue weighted by Gasteiger charge is -2.38. The number of amides is 4. The molecule has 0 radical (unpaired) electrons. The van der Waals surface area contributed by atoms with Gasteiger partial charge in [-0.3, -0.25) is 39.4 Å². The first-order valence-electron chi connectivity index (χ1n) is 24.4. The fourth-order valence-corrected chi connectivity index (χ4v) is 11.9. The zero-order valence-electron chi connectivity index (χ0n) is 39.9. The third-order valence-electron chi connectivity index (χ3n) is 14.6. The minimum absolute atomic E-state index is 0.0351. The lowest BCUT2D eigenvalue weighted by Crippen LogP contribution is -2.48. The van der Waals surface area contributed by atoms with E-state index in [-0.39, 0.29) is 60.5 Å². The Balaban J connectivity index is 0.684. The summed E-state index contributed by atoms with van der Waals surface area (Å²) in [6, 6.07) is 28.7. The van der Waals surface area contributed by atoms with Crippen molar-refractivity contribution in [3.8, 4) is 16.9 Å². The minimum Gasteiger partial charge on any atom is -0.491 e. The zero-order chi connectivity index (χ0) is 49.6. The van der Waals surface area contributed by atoms with E-state index in [9.17, 15) is 29.1 Å². The number of anilines is 3. The standard InChI is InChI=1S/C54H53N9O8S/c1-30-36(37-17-19-46(57-50(37)53(68)69)62-22-21-31-7-5-9-38(41(31)28-62)51(66)59-54-56-42-10-3-4-12-45(42)72-54)8-6-11-44(30)71-24-23-70-35-26-33-14-15-34(27-35)63(33)29-48(65)55-32-13-16-39-43(25-32)61(2)60-49(39)40-18-20-47(64)58-52(40)67/h3-13,16-17,19,25,33-35,40H,14-15,18,20-24,26-29H2,1-2H3,(H,55,65)(H,68,69)(H,56,59,66)(H,58,64,67)/t33-,34+,35+,40?. The SMILES string of the molecule is Cc1c(OCCO[C@H]2C[C@H]3CC[C@@H](C2)N3CC(=O)Nc2ccc3c(C4CCC(=O)NC4=O)nn(C)c3c2)cccc1-c1ccc(N2CCc3cccc(C(=O)Nc4nc5ccccc5s4)c3C2)nc1C(=O)O. The van der Waals surface area contributed by atoms with Crippen LogP contribution in [-0.2, 0) is 39.1 Å². The molecule has 4 aliphatic heterocycles. The van der Waals surface area contributed by atoms with Gasteiger partial charge >= 0.3 is 5.97 Å². The Morgan fingerprint density at radius 3 is 2.50 bits per heavy atom. The summed E-state index contributed by atoms with van der Waals surface area (Å²) in [4.78, 5) is 77.8. The molecule has 4 N–H and O–H groups in total. The van der Waals surface area contributed by atoms with E-state index in [0.29, 0.717) is 83.9 Å². The summed E-state index contributed by atoms with van der Waals surface area (Å²) < 4.78 is 15.3. The van der Waals surface area contributed by atoms with Gasteiger partial charge in [0.25, 0.3) is 5.91 Å². The van der Waals surface area contributed by atoms with Crippen LogP contribution in [0.15, 0.2) is 91.0 Å². The van der Waals surface area contributed by atoms with Crippen LogP contribution in [0, 0.1) is 6.92 Å². The highest BCUT2D eigenvalue weighted by atomic mass is 32.1. The average molecular weight is 988 g/mol. The van der Waals surface area contributed by atoms with Gasteiger partial charge in [0.2, 0.25) is 17.7 Å². The van der Waals surface area contributed by atoms with Gasteiger partial charge in [-0.1, -0.05) is 47.7 Å². The second-order valence-corrected chi connectivity index (χ2v) is 20.0. The number of nitrogens with one attached hydrogen (secondary N) is 3. The van der Waals surface area contributed by atoms with Crippen LogP contribution in [0.1, 0.15) is 87.7 Å². The average Bonchev–Trinajstić information content (AvgIpc) is 4.00. The second-order valence-electron chi connectivity index (χ2n) is 19.0. The van der Waals surface area contributed by atoms with Crippen LogP contribution in [0.2, 0.25) is 0 Å². The monoisotopic (exact) mass is 987 g/mol. The van der Waals surface area contributed by atoms with E-state index in [2.05, 4.69) is 30.9 Å². The number of carboxylic acids is 1. The van der Waals surface area contributed by atoms with E-state index in [4.69, 9.17) is 14.5 Å². The molecule has 3 aromatic heterocycles. The molecule has 4 atom stereocenters. The number of aryl methyl sites for hydroxylation is 1. The molecule has 0 spiro atoms. The number of pyridine rings is 1. The van der Waals surface area contributed by atoms with E-state index in [1.807, 2.05) is 96.8 Å². The molecule has 7 heterocycles. The fourth-order valence-electron chi connectivity index (χ4n) is 11.1. The number of aromatic nitrogens is 4. The number of fused-ring (bicyclic) bond motifs is 5. The van der Waals surface area contributed by atoms with Crippen molar-refractivity contribution in [2.45, 2.75) is 82.5 Å². The summed E-state index contributed by atoms with van der Waals surface area (Å²) >= 11 is 1.42. The van der Waals surface area contributed by atoms with Gasteiger partial charge in [-0.2, -0.15) is 5.10 Å². The number of thiazole rings is 1. The molecule has 3 saturated heterocycles. The number of carboxylic acid groups (broad SMARTS) is 1. The molecule has 7 aromatic rings. The van der Waals surface area contributed by atoms with Crippen LogP contribution in [-0.4, -0.2) is 104 Å². The molecular weight excluding hydrogens is 935 g/mol. The first-order valence-corrected chi connectivity index (χ1v) is 25.2. The van der Waals surface area contributed by atoms with Crippen LogP contribution in [0.25, 0.3) is 32.2 Å². The number of rotatable bonds is 14. The highest BCUT2D eigenvalue weighted by Gasteiger charge is 2.42. The number of hydrogen-bond donors (Lipinski definition) is 4. The number of para-hydroxylation sites is 1. The second kappa shape index (κ2) is 19.6. The van der Waals surface area contributed by atoms with Crippen molar-refractivity contribution in [2.75, 3.05) is 41.8 Å². The van der Waals surface area contributed by atoms with Gasteiger partial charge in [-0.15, -0.1) is 0 Å². The molecule has 18 heteroatoms. The van der Waals surface area contributed by atoms with Crippen molar-refractivity contribution in [1.82, 2.24) is 30.0 Å². The Bertz CT molecular complexity index is 3270. The fraction of sp³-hybridized carbons (Fsp3) is 0.333. The maximum Gasteiger partial charge on any atom is 0.355 e. The number of carbonyl (C=O) groups is 5. The molecule has 0 aliphatic carbocycles. The zero-order valence-corrected chi connectivity index (χ0v) is 40.7. The Kier molecular flexibility index (Phi) is 12.7. The molecule has 17 nitrogen and oxygen atoms in total. The van der Waals surface area contributed by atoms with Crippen LogP contribution in [0.3, 0.4) is 0 Å². The molecule has 1 unspecified atom stereocenters. The van der Waals surface area contributed by atoms with Gasteiger partial charge in [0.15, 0.2) is 10.8 Å². The van der Waals surface area contributed by atoms with Crippen LogP contribution >= 0.6 is 11.3 Å². The smallest absolute Gasteiger partial charge is 0.355 e. The van der Waals surface area contributed by atoms with Gasteiger partial charge in [0.05, 0.1) is 46.6 Å². The molecule has 3 fully saturated rings. The summed E-state index contributed by atoms with van der Waals surface area (Å²) in [5.74, 6) is -1.47. The number of carbonyl (C=O) groups excluding carboxylic acids is 4. The molecule has 11 rings (SSSR count). The van der Waals surface area contributed by atoms with Crippen LogP contribution in [0.4, 0.5) is 16.6 Å². The van der Waals surface area contributed by atoms with E-state index in [0.717, 1.165) is 63.5 Å². The van der Waals surface area contributed by atoms with Crippen molar-refractivity contribution < 1.29 is 38.6 Å². The Labute approximate surface area is 418 Å². The highest BCUT2D eigenvalue weighted by Crippen LogP contribution is 2.39.